The van der Waals surface area contributed by atoms with E-state index in [0.29, 0.717) is 5.95 Å². The SMILES string of the molecule is CN1CCCC(CN2CCC3(CCc4c3nc(N(C)C)[nH]c4=O)CC2)C1. The van der Waals surface area contributed by atoms with Gasteiger partial charge in [0.2, 0.25) is 5.95 Å². The molecule has 0 radical (unpaired) electrons. The number of nitrogens with zero attached hydrogens (tertiary/aromatic N) is 4. The summed E-state index contributed by atoms with van der Waals surface area (Å²) in [4.78, 5) is 27.4. The molecule has 1 atom stereocenters. The number of nitrogens with one attached hydrogen (secondary N) is 1. The molecule has 2 saturated heterocycles. The lowest BCUT2D eigenvalue weighted by Crippen LogP contribution is -2.46. The van der Waals surface area contributed by atoms with Crippen LogP contribution in [-0.2, 0) is 11.8 Å². The number of rotatable bonds is 3. The molecule has 1 N–H and O–H groups in total. The zero-order valence-corrected chi connectivity index (χ0v) is 16.6. The third kappa shape index (κ3) is 3.29. The first kappa shape index (κ1) is 18.0. The quantitative estimate of drug-likeness (QED) is 0.885. The van der Waals surface area contributed by atoms with E-state index in [1.54, 1.807) is 0 Å². The topological polar surface area (TPSA) is 55.5 Å². The van der Waals surface area contributed by atoms with Crippen molar-refractivity contribution in [3.05, 3.63) is 21.6 Å². The number of aromatic amines is 1. The summed E-state index contributed by atoms with van der Waals surface area (Å²) in [5.74, 6) is 1.52. The van der Waals surface area contributed by atoms with Crippen LogP contribution in [-0.4, -0.2) is 73.6 Å². The van der Waals surface area contributed by atoms with Crippen molar-refractivity contribution in [3.63, 3.8) is 0 Å². The lowest BCUT2D eigenvalue weighted by molar-refractivity contribution is 0.108. The maximum Gasteiger partial charge on any atom is 0.255 e. The molecular formula is C20H33N5O. The van der Waals surface area contributed by atoms with Gasteiger partial charge in [0.05, 0.1) is 5.69 Å². The Balaban J connectivity index is 1.46. The molecule has 4 rings (SSSR count). The molecule has 0 bridgehead atoms. The van der Waals surface area contributed by atoms with Gasteiger partial charge in [-0.25, -0.2) is 4.98 Å². The van der Waals surface area contributed by atoms with Gasteiger partial charge in [0.1, 0.15) is 0 Å². The Morgan fingerprint density at radius 2 is 2.00 bits per heavy atom. The Hall–Kier alpha value is -1.40. The van der Waals surface area contributed by atoms with Crippen molar-refractivity contribution in [3.8, 4) is 0 Å². The summed E-state index contributed by atoms with van der Waals surface area (Å²) in [5.41, 5.74) is 2.25. The maximum atomic E-state index is 12.5. The highest BCUT2D eigenvalue weighted by Gasteiger charge is 2.44. The van der Waals surface area contributed by atoms with E-state index < -0.39 is 0 Å². The summed E-state index contributed by atoms with van der Waals surface area (Å²) >= 11 is 0. The van der Waals surface area contributed by atoms with E-state index in [4.69, 9.17) is 4.98 Å². The lowest BCUT2D eigenvalue weighted by atomic mass is 9.76. The minimum Gasteiger partial charge on any atom is -0.348 e. The van der Waals surface area contributed by atoms with Crippen LogP contribution in [0.5, 0.6) is 0 Å². The minimum absolute atomic E-state index is 0.0725. The van der Waals surface area contributed by atoms with Crippen molar-refractivity contribution >= 4 is 5.95 Å². The Morgan fingerprint density at radius 3 is 2.69 bits per heavy atom. The predicted octanol–water partition coefficient (Wildman–Crippen LogP) is 1.46. The van der Waals surface area contributed by atoms with Gasteiger partial charge in [0, 0.05) is 38.2 Å². The van der Waals surface area contributed by atoms with Crippen LogP contribution in [0.2, 0.25) is 0 Å². The molecule has 6 nitrogen and oxygen atoms in total. The van der Waals surface area contributed by atoms with Crippen LogP contribution in [0.1, 0.15) is 43.4 Å². The highest BCUT2D eigenvalue weighted by Crippen LogP contribution is 2.44. The second kappa shape index (κ2) is 6.97. The van der Waals surface area contributed by atoms with E-state index in [1.807, 2.05) is 19.0 Å². The number of hydrogen-bond donors (Lipinski definition) is 1. The van der Waals surface area contributed by atoms with Crippen LogP contribution in [0.25, 0.3) is 0 Å². The summed E-state index contributed by atoms with van der Waals surface area (Å²) < 4.78 is 0. The van der Waals surface area contributed by atoms with Gasteiger partial charge in [-0.1, -0.05) is 0 Å². The molecule has 6 heteroatoms. The van der Waals surface area contributed by atoms with Crippen molar-refractivity contribution in [2.75, 3.05) is 58.8 Å². The molecule has 3 aliphatic rings. The predicted molar refractivity (Wildman–Crippen MR) is 105 cm³/mol. The van der Waals surface area contributed by atoms with Gasteiger partial charge in [0.25, 0.3) is 5.56 Å². The van der Waals surface area contributed by atoms with E-state index in [-0.39, 0.29) is 11.0 Å². The normalized spacial score (nSPS) is 26.2. The molecule has 1 aliphatic carbocycles. The molecule has 3 heterocycles. The van der Waals surface area contributed by atoms with Crippen LogP contribution in [0, 0.1) is 5.92 Å². The van der Waals surface area contributed by atoms with Gasteiger partial charge < -0.3 is 14.7 Å². The smallest absolute Gasteiger partial charge is 0.255 e. The summed E-state index contributed by atoms with van der Waals surface area (Å²) in [6.45, 7) is 6.02. The maximum absolute atomic E-state index is 12.5. The van der Waals surface area contributed by atoms with Crippen LogP contribution < -0.4 is 10.5 Å². The van der Waals surface area contributed by atoms with Gasteiger partial charge in [-0.05, 0) is 71.1 Å². The first-order valence-corrected chi connectivity index (χ1v) is 10.2. The second-order valence-electron chi connectivity index (χ2n) is 8.96. The number of hydrogen-bond acceptors (Lipinski definition) is 5. The Morgan fingerprint density at radius 1 is 1.23 bits per heavy atom. The van der Waals surface area contributed by atoms with Crippen molar-refractivity contribution in [2.45, 2.75) is 43.9 Å². The van der Waals surface area contributed by atoms with Crippen LogP contribution in [0.4, 0.5) is 5.95 Å². The average molecular weight is 360 g/mol. The van der Waals surface area contributed by atoms with Crippen molar-refractivity contribution < 1.29 is 0 Å². The van der Waals surface area contributed by atoms with Crippen LogP contribution in [0.15, 0.2) is 4.79 Å². The number of piperidine rings is 2. The zero-order valence-electron chi connectivity index (χ0n) is 16.6. The first-order valence-electron chi connectivity index (χ1n) is 10.2. The van der Waals surface area contributed by atoms with E-state index in [9.17, 15) is 4.79 Å². The number of aromatic nitrogens is 2. The lowest BCUT2D eigenvalue weighted by Gasteiger charge is -2.41. The number of fused-ring (bicyclic) bond motifs is 2. The van der Waals surface area contributed by atoms with E-state index in [1.165, 1.54) is 32.5 Å². The van der Waals surface area contributed by atoms with Crippen LogP contribution in [0.3, 0.4) is 0 Å². The zero-order chi connectivity index (χ0) is 18.3. The molecule has 1 aromatic rings. The Labute approximate surface area is 156 Å². The molecule has 2 fully saturated rings. The van der Waals surface area contributed by atoms with Crippen LogP contribution >= 0.6 is 0 Å². The van der Waals surface area contributed by atoms with E-state index >= 15 is 0 Å². The number of anilines is 1. The Bertz CT molecular complexity index is 705. The molecule has 26 heavy (non-hydrogen) atoms. The number of H-pyrrole nitrogens is 1. The van der Waals surface area contributed by atoms with E-state index in [2.05, 4.69) is 21.8 Å². The molecule has 1 aromatic heterocycles. The molecule has 1 unspecified atom stereocenters. The molecule has 0 amide bonds. The molecule has 2 aliphatic heterocycles. The highest BCUT2D eigenvalue weighted by molar-refractivity contribution is 5.39. The molecule has 1 spiro atoms. The van der Waals surface area contributed by atoms with Gasteiger partial charge >= 0.3 is 0 Å². The van der Waals surface area contributed by atoms with Gasteiger partial charge in [-0.3, -0.25) is 9.78 Å². The average Bonchev–Trinajstić information content (AvgIpc) is 2.96. The van der Waals surface area contributed by atoms with Gasteiger partial charge in [0.15, 0.2) is 0 Å². The fourth-order valence-electron chi connectivity index (χ4n) is 5.29. The van der Waals surface area contributed by atoms with Gasteiger partial charge in [-0.15, -0.1) is 0 Å². The molecular weight excluding hydrogens is 326 g/mol. The summed E-state index contributed by atoms with van der Waals surface area (Å²) in [5, 5.41) is 0. The summed E-state index contributed by atoms with van der Waals surface area (Å²) in [6, 6.07) is 0. The third-order valence-corrected chi connectivity index (χ3v) is 6.83. The molecule has 0 saturated carbocycles. The summed E-state index contributed by atoms with van der Waals surface area (Å²) in [7, 11) is 6.13. The molecule has 0 aromatic carbocycles. The minimum atomic E-state index is 0.0725. The van der Waals surface area contributed by atoms with Crippen molar-refractivity contribution in [2.24, 2.45) is 5.92 Å². The van der Waals surface area contributed by atoms with E-state index in [0.717, 1.165) is 55.9 Å². The second-order valence-corrected chi connectivity index (χ2v) is 8.96. The Kier molecular flexibility index (Phi) is 4.82. The highest BCUT2D eigenvalue weighted by atomic mass is 16.1. The fraction of sp³-hybridized carbons (Fsp3) is 0.800. The largest absolute Gasteiger partial charge is 0.348 e. The number of likely N-dealkylation sites (tertiary alicyclic amines) is 2. The standard InChI is InChI=1S/C20H33N5O/c1-23(2)19-21-17-16(18(26)22-19)6-7-20(17)8-11-25(12-9-20)14-15-5-4-10-24(3)13-15/h15H,4-14H2,1-3H3,(H,21,22,26). The first-order chi connectivity index (χ1) is 12.5. The monoisotopic (exact) mass is 359 g/mol. The van der Waals surface area contributed by atoms with Crippen molar-refractivity contribution in [1.29, 1.82) is 0 Å². The third-order valence-electron chi connectivity index (χ3n) is 6.83. The summed E-state index contributed by atoms with van der Waals surface area (Å²) in [6.07, 6.45) is 6.98. The fourth-order valence-corrected chi connectivity index (χ4v) is 5.29. The van der Waals surface area contributed by atoms with Crippen molar-refractivity contribution in [1.82, 2.24) is 19.8 Å². The molecule has 144 valence electrons. The van der Waals surface area contributed by atoms with Gasteiger partial charge in [-0.2, -0.15) is 0 Å².